The number of esters is 1. The van der Waals surface area contributed by atoms with Crippen LogP contribution >= 0.6 is 22.9 Å². The van der Waals surface area contributed by atoms with E-state index < -0.39 is 11.9 Å². The van der Waals surface area contributed by atoms with Gasteiger partial charge in [0.25, 0.3) is 5.91 Å². The number of nitrogens with zero attached hydrogens (tertiary/aromatic N) is 5. The maximum Gasteiger partial charge on any atom is 0.350 e. The van der Waals surface area contributed by atoms with Gasteiger partial charge in [0.05, 0.1) is 30.9 Å². The van der Waals surface area contributed by atoms with Crippen molar-refractivity contribution in [1.82, 2.24) is 24.8 Å². The van der Waals surface area contributed by atoms with Gasteiger partial charge in [-0.15, -0.1) is 0 Å². The molecule has 1 fully saturated rings. The molecule has 208 valence electrons. The first-order valence-corrected chi connectivity index (χ1v) is 13.6. The number of carbonyl (C=O) groups excluding carboxylic acids is 2. The van der Waals surface area contributed by atoms with Gasteiger partial charge in [0.1, 0.15) is 27.9 Å². The van der Waals surface area contributed by atoms with Crippen LogP contribution in [0.2, 0.25) is 5.02 Å². The summed E-state index contributed by atoms with van der Waals surface area (Å²) in [5, 5.41) is 13.3. The SMILES string of the molecule is CCO[C@H]1CN(c2nc(-c3nccn3CCOC)c(C(=O)OC)s2)CC[C@H]1NC(=O)c1[nH]c(C)c(Cl)c1C#N. The molecule has 12 nitrogen and oxygen atoms in total. The first-order chi connectivity index (χ1) is 18.8. The molecular formula is C25H30ClN7O5S. The average Bonchev–Trinajstić information content (AvgIpc) is 3.65. The zero-order valence-corrected chi connectivity index (χ0v) is 23.7. The Kier molecular flexibility index (Phi) is 9.24. The molecule has 1 aliphatic rings. The fourth-order valence-corrected chi connectivity index (χ4v) is 5.68. The molecule has 0 radical (unpaired) electrons. The van der Waals surface area contributed by atoms with Crippen LogP contribution in [0.1, 0.15) is 44.8 Å². The number of aromatic nitrogens is 4. The second kappa shape index (κ2) is 12.6. The maximum atomic E-state index is 13.1. The Bertz CT molecular complexity index is 1380. The second-order valence-corrected chi connectivity index (χ2v) is 10.2. The van der Waals surface area contributed by atoms with Gasteiger partial charge in [-0.25, -0.2) is 14.8 Å². The molecule has 3 aromatic heterocycles. The molecule has 1 amide bonds. The lowest BCUT2D eigenvalue weighted by molar-refractivity contribution is 0.0272. The van der Waals surface area contributed by atoms with Gasteiger partial charge in [-0.2, -0.15) is 5.26 Å². The van der Waals surface area contributed by atoms with Crippen molar-refractivity contribution in [3.05, 3.63) is 39.2 Å². The predicted molar refractivity (Wildman–Crippen MR) is 145 cm³/mol. The smallest absolute Gasteiger partial charge is 0.350 e. The van der Waals surface area contributed by atoms with E-state index in [-0.39, 0.29) is 28.4 Å². The highest BCUT2D eigenvalue weighted by molar-refractivity contribution is 7.17. The Labute approximate surface area is 234 Å². The number of imidazole rings is 1. The maximum absolute atomic E-state index is 13.1. The van der Waals surface area contributed by atoms with Gasteiger partial charge in [0, 0.05) is 51.4 Å². The van der Waals surface area contributed by atoms with Crippen molar-refractivity contribution in [3.63, 3.8) is 0 Å². The summed E-state index contributed by atoms with van der Waals surface area (Å²) in [5.74, 6) is -0.365. The lowest BCUT2D eigenvalue weighted by atomic mass is 10.0. The normalized spacial score (nSPS) is 17.2. The van der Waals surface area contributed by atoms with E-state index in [1.807, 2.05) is 28.7 Å². The van der Waals surface area contributed by atoms with Crippen LogP contribution < -0.4 is 10.2 Å². The molecule has 0 aromatic carbocycles. The fraction of sp³-hybridized carbons (Fsp3) is 0.480. The number of amides is 1. The summed E-state index contributed by atoms with van der Waals surface area (Å²) < 4.78 is 18.1. The minimum absolute atomic E-state index is 0.117. The number of nitriles is 1. The molecular weight excluding hydrogens is 546 g/mol. The Hall–Kier alpha value is -3.44. The second-order valence-electron chi connectivity index (χ2n) is 8.84. The number of hydrogen-bond acceptors (Lipinski definition) is 10. The summed E-state index contributed by atoms with van der Waals surface area (Å²) in [6.07, 6.45) is 3.66. The first kappa shape index (κ1) is 28.6. The van der Waals surface area contributed by atoms with Crippen LogP contribution in [0.25, 0.3) is 11.5 Å². The number of carbonyl (C=O) groups is 2. The van der Waals surface area contributed by atoms with Crippen molar-refractivity contribution in [2.24, 2.45) is 0 Å². The Morgan fingerprint density at radius 2 is 2.18 bits per heavy atom. The summed E-state index contributed by atoms with van der Waals surface area (Å²) in [4.78, 5) is 40.2. The van der Waals surface area contributed by atoms with Crippen molar-refractivity contribution in [2.45, 2.75) is 39.0 Å². The van der Waals surface area contributed by atoms with E-state index in [9.17, 15) is 14.9 Å². The molecule has 2 N–H and O–H groups in total. The summed E-state index contributed by atoms with van der Waals surface area (Å²) >= 11 is 7.40. The molecule has 1 saturated heterocycles. The molecule has 0 aliphatic carbocycles. The van der Waals surface area contributed by atoms with E-state index in [0.29, 0.717) is 66.5 Å². The van der Waals surface area contributed by atoms with Gasteiger partial charge in [0.15, 0.2) is 11.0 Å². The third-order valence-corrected chi connectivity index (χ3v) is 8.00. The van der Waals surface area contributed by atoms with Crippen molar-refractivity contribution >= 4 is 39.9 Å². The number of rotatable bonds is 10. The number of thiazole rings is 1. The zero-order chi connectivity index (χ0) is 28.1. The quantitative estimate of drug-likeness (QED) is 0.348. The van der Waals surface area contributed by atoms with E-state index in [4.69, 9.17) is 30.8 Å². The third-order valence-electron chi connectivity index (χ3n) is 6.43. The van der Waals surface area contributed by atoms with Gasteiger partial charge in [-0.3, -0.25) is 4.79 Å². The summed E-state index contributed by atoms with van der Waals surface area (Å²) in [7, 11) is 2.95. The van der Waals surface area contributed by atoms with Crippen LogP contribution in [0.5, 0.6) is 0 Å². The zero-order valence-electron chi connectivity index (χ0n) is 22.1. The lowest BCUT2D eigenvalue weighted by Crippen LogP contribution is -2.55. The Morgan fingerprint density at radius 1 is 1.38 bits per heavy atom. The molecule has 39 heavy (non-hydrogen) atoms. The minimum atomic E-state index is -0.494. The molecule has 2 atom stereocenters. The van der Waals surface area contributed by atoms with Crippen LogP contribution in [-0.2, 0) is 20.8 Å². The molecule has 0 unspecified atom stereocenters. The number of hydrogen-bond donors (Lipinski definition) is 2. The van der Waals surface area contributed by atoms with Crippen LogP contribution in [-0.4, -0.2) is 84.1 Å². The molecule has 14 heteroatoms. The van der Waals surface area contributed by atoms with E-state index >= 15 is 0 Å². The molecule has 0 bridgehead atoms. The highest BCUT2D eigenvalue weighted by Crippen LogP contribution is 2.35. The lowest BCUT2D eigenvalue weighted by Gasteiger charge is -2.38. The third kappa shape index (κ3) is 5.94. The standard InChI is InChI=1S/C25H30ClN7O5S/c1-5-38-17-13-33(8-6-16(17)30-23(34)19-15(12-27)18(26)14(2)29-19)25-31-20(21(39-25)24(35)37-4)22-28-7-9-32(22)10-11-36-3/h7,9,16-17,29H,5-6,8,10-11,13H2,1-4H3,(H,30,34)/t16-,17+/m1/s1. The number of H-pyrrole nitrogens is 1. The first-order valence-electron chi connectivity index (χ1n) is 12.4. The fourth-order valence-electron chi connectivity index (χ4n) is 4.48. The highest BCUT2D eigenvalue weighted by atomic mass is 35.5. The topological polar surface area (TPSA) is 147 Å². The Balaban J connectivity index is 1.57. The number of piperidine rings is 1. The van der Waals surface area contributed by atoms with E-state index in [1.165, 1.54) is 18.4 Å². The minimum Gasteiger partial charge on any atom is -0.465 e. The van der Waals surface area contributed by atoms with E-state index in [0.717, 1.165) is 0 Å². The molecule has 4 rings (SSSR count). The van der Waals surface area contributed by atoms with Crippen LogP contribution in [0.4, 0.5) is 5.13 Å². The van der Waals surface area contributed by atoms with Gasteiger partial charge in [0.2, 0.25) is 0 Å². The Morgan fingerprint density at radius 3 is 2.87 bits per heavy atom. The largest absolute Gasteiger partial charge is 0.465 e. The number of aromatic amines is 1. The number of anilines is 1. The van der Waals surface area contributed by atoms with Crippen molar-refractivity contribution in [1.29, 1.82) is 5.26 Å². The van der Waals surface area contributed by atoms with Gasteiger partial charge >= 0.3 is 5.97 Å². The number of ether oxygens (including phenoxy) is 3. The van der Waals surface area contributed by atoms with Crippen molar-refractivity contribution < 1.29 is 23.8 Å². The number of aryl methyl sites for hydroxylation is 1. The summed E-state index contributed by atoms with van der Waals surface area (Å²) in [5.41, 5.74) is 1.24. The van der Waals surface area contributed by atoms with Crippen molar-refractivity contribution in [2.75, 3.05) is 45.4 Å². The van der Waals surface area contributed by atoms with Gasteiger partial charge < -0.3 is 34.0 Å². The van der Waals surface area contributed by atoms with Crippen LogP contribution in [0, 0.1) is 18.3 Å². The van der Waals surface area contributed by atoms with Crippen LogP contribution in [0.15, 0.2) is 12.4 Å². The van der Waals surface area contributed by atoms with Gasteiger partial charge in [-0.05, 0) is 20.3 Å². The van der Waals surface area contributed by atoms with Gasteiger partial charge in [-0.1, -0.05) is 22.9 Å². The number of nitrogens with one attached hydrogen (secondary N) is 2. The number of halogens is 1. The molecule has 1 aliphatic heterocycles. The predicted octanol–water partition coefficient (Wildman–Crippen LogP) is 3.02. The van der Waals surface area contributed by atoms with Crippen LogP contribution in [0.3, 0.4) is 0 Å². The van der Waals surface area contributed by atoms with Crippen molar-refractivity contribution in [3.8, 4) is 17.6 Å². The molecule has 0 spiro atoms. The molecule has 3 aromatic rings. The number of methoxy groups -OCH3 is 2. The molecule has 0 saturated carbocycles. The molecule has 4 heterocycles. The summed E-state index contributed by atoms with van der Waals surface area (Å²) in [6, 6.07) is 1.68. The average molecular weight is 576 g/mol. The summed E-state index contributed by atoms with van der Waals surface area (Å²) in [6.45, 7) is 6.04. The van der Waals surface area contributed by atoms with E-state index in [2.05, 4.69) is 15.3 Å². The monoisotopic (exact) mass is 575 g/mol. The van der Waals surface area contributed by atoms with E-state index in [1.54, 1.807) is 20.2 Å². The highest BCUT2D eigenvalue weighted by Gasteiger charge is 2.35.